The van der Waals surface area contributed by atoms with Crippen molar-refractivity contribution in [3.63, 3.8) is 0 Å². The Kier molecular flexibility index (Phi) is 5.51. The Morgan fingerprint density at radius 2 is 2.00 bits per heavy atom. The van der Waals surface area contributed by atoms with Crippen LogP contribution < -0.4 is 5.32 Å². The van der Waals surface area contributed by atoms with Gasteiger partial charge in [-0.2, -0.15) is 0 Å². The molecule has 1 aromatic carbocycles. The van der Waals surface area contributed by atoms with E-state index in [1.165, 1.54) is 7.11 Å². The lowest BCUT2D eigenvalue weighted by Gasteiger charge is -2.16. The first-order chi connectivity index (χ1) is 8.97. The predicted octanol–water partition coefficient (Wildman–Crippen LogP) is 0.496. The zero-order valence-corrected chi connectivity index (χ0v) is 11.4. The first-order valence-electron chi connectivity index (χ1n) is 6.02. The number of carbonyl (C=O) groups excluding carboxylic acids is 2. The van der Waals surface area contributed by atoms with Gasteiger partial charge < -0.3 is 15.2 Å². The van der Waals surface area contributed by atoms with Crippen molar-refractivity contribution in [1.29, 1.82) is 0 Å². The van der Waals surface area contributed by atoms with E-state index in [0.29, 0.717) is 6.42 Å². The zero-order valence-electron chi connectivity index (χ0n) is 11.4. The fourth-order valence-corrected chi connectivity index (χ4v) is 1.74. The van der Waals surface area contributed by atoms with E-state index in [0.717, 1.165) is 16.7 Å². The van der Waals surface area contributed by atoms with E-state index in [2.05, 4.69) is 10.1 Å². The van der Waals surface area contributed by atoms with Crippen LogP contribution in [0.25, 0.3) is 0 Å². The van der Waals surface area contributed by atoms with Gasteiger partial charge in [0.25, 0.3) is 0 Å². The number of rotatable bonds is 5. The highest BCUT2D eigenvalue weighted by Gasteiger charge is 2.21. The van der Waals surface area contributed by atoms with Crippen molar-refractivity contribution in [2.45, 2.75) is 26.3 Å². The average molecular weight is 265 g/mol. The second-order valence-electron chi connectivity index (χ2n) is 4.42. The summed E-state index contributed by atoms with van der Waals surface area (Å²) >= 11 is 0. The molecule has 1 rings (SSSR count). The Morgan fingerprint density at radius 3 is 2.53 bits per heavy atom. The van der Waals surface area contributed by atoms with Crippen LogP contribution in [0, 0.1) is 13.8 Å². The van der Waals surface area contributed by atoms with Gasteiger partial charge in [-0.05, 0) is 30.5 Å². The number of hydrogen-bond donors (Lipinski definition) is 2. The smallest absolute Gasteiger partial charge is 0.328 e. The molecule has 0 aliphatic carbocycles. The summed E-state index contributed by atoms with van der Waals surface area (Å²) in [6, 6.07) is 5.05. The summed E-state index contributed by atoms with van der Waals surface area (Å²) in [5, 5.41) is 11.2. The third kappa shape index (κ3) is 4.37. The fraction of sp³-hybridized carbons (Fsp3) is 0.429. The SMILES string of the molecule is COC(=O)[C@H](Cc1ccc(C)c(C)c1)NC(=O)CO. The van der Waals surface area contributed by atoms with Gasteiger partial charge in [-0.1, -0.05) is 18.2 Å². The summed E-state index contributed by atoms with van der Waals surface area (Å²) in [5.41, 5.74) is 3.21. The van der Waals surface area contributed by atoms with Gasteiger partial charge in [0.2, 0.25) is 5.91 Å². The van der Waals surface area contributed by atoms with Crippen LogP contribution in [0.4, 0.5) is 0 Å². The Bertz CT molecular complexity index is 471. The van der Waals surface area contributed by atoms with E-state index in [9.17, 15) is 9.59 Å². The minimum Gasteiger partial charge on any atom is -0.467 e. The number of nitrogens with one attached hydrogen (secondary N) is 1. The van der Waals surface area contributed by atoms with Gasteiger partial charge in [0.15, 0.2) is 0 Å². The number of carbonyl (C=O) groups is 2. The molecular formula is C14H19NO4. The molecule has 19 heavy (non-hydrogen) atoms. The number of esters is 1. The Hall–Kier alpha value is -1.88. The number of aliphatic hydroxyl groups is 1. The summed E-state index contributed by atoms with van der Waals surface area (Å²) in [6.45, 7) is 3.34. The molecule has 0 aliphatic heterocycles. The third-order valence-corrected chi connectivity index (χ3v) is 2.98. The van der Waals surface area contributed by atoms with Crippen LogP contribution in [0.3, 0.4) is 0 Å². The van der Waals surface area contributed by atoms with E-state index in [-0.39, 0.29) is 0 Å². The second kappa shape index (κ2) is 6.89. The summed E-state index contributed by atoms with van der Waals surface area (Å²) in [6.07, 6.45) is 0.333. The summed E-state index contributed by atoms with van der Waals surface area (Å²) in [5.74, 6) is -1.13. The van der Waals surface area contributed by atoms with Crippen molar-refractivity contribution in [3.8, 4) is 0 Å². The average Bonchev–Trinajstić information content (AvgIpc) is 2.41. The minimum atomic E-state index is -0.785. The first-order valence-corrected chi connectivity index (χ1v) is 6.02. The van der Waals surface area contributed by atoms with Crippen molar-refractivity contribution in [2.24, 2.45) is 0 Å². The van der Waals surface area contributed by atoms with Gasteiger partial charge >= 0.3 is 5.97 Å². The lowest BCUT2D eigenvalue weighted by molar-refractivity contribution is -0.145. The van der Waals surface area contributed by atoms with Crippen molar-refractivity contribution < 1.29 is 19.4 Å². The third-order valence-electron chi connectivity index (χ3n) is 2.98. The maximum absolute atomic E-state index is 11.6. The fourth-order valence-electron chi connectivity index (χ4n) is 1.74. The molecule has 1 atom stereocenters. The molecule has 0 heterocycles. The van der Waals surface area contributed by atoms with Crippen molar-refractivity contribution in [3.05, 3.63) is 34.9 Å². The number of aliphatic hydroxyl groups excluding tert-OH is 1. The van der Waals surface area contributed by atoms with Crippen LogP contribution in [0.2, 0.25) is 0 Å². The first kappa shape index (κ1) is 15.2. The molecule has 1 aromatic rings. The van der Waals surface area contributed by atoms with Gasteiger partial charge in [0.05, 0.1) is 7.11 Å². The molecule has 1 amide bonds. The van der Waals surface area contributed by atoms with Crippen LogP contribution in [0.1, 0.15) is 16.7 Å². The topological polar surface area (TPSA) is 75.6 Å². The number of amides is 1. The lowest BCUT2D eigenvalue weighted by atomic mass is 10.0. The molecule has 0 saturated carbocycles. The van der Waals surface area contributed by atoms with E-state index in [1.54, 1.807) is 0 Å². The van der Waals surface area contributed by atoms with Gasteiger partial charge in [0, 0.05) is 6.42 Å². The molecule has 5 heteroatoms. The van der Waals surface area contributed by atoms with Crippen molar-refractivity contribution in [2.75, 3.05) is 13.7 Å². The Balaban J connectivity index is 2.84. The molecular weight excluding hydrogens is 246 g/mol. The highest BCUT2D eigenvalue weighted by Crippen LogP contribution is 2.12. The van der Waals surface area contributed by atoms with Gasteiger partial charge in [0.1, 0.15) is 12.6 Å². The van der Waals surface area contributed by atoms with E-state index in [1.807, 2.05) is 32.0 Å². The molecule has 0 fully saturated rings. The number of methoxy groups -OCH3 is 1. The van der Waals surface area contributed by atoms with Crippen molar-refractivity contribution in [1.82, 2.24) is 5.32 Å². The highest BCUT2D eigenvalue weighted by molar-refractivity contribution is 5.85. The number of ether oxygens (including phenoxy) is 1. The van der Waals surface area contributed by atoms with E-state index >= 15 is 0 Å². The number of benzene rings is 1. The molecule has 0 spiro atoms. The lowest BCUT2D eigenvalue weighted by Crippen LogP contribution is -2.44. The molecule has 0 aromatic heterocycles. The molecule has 0 aliphatic rings. The molecule has 0 saturated heterocycles. The van der Waals surface area contributed by atoms with Crippen LogP contribution in [0.5, 0.6) is 0 Å². The van der Waals surface area contributed by atoms with Crippen LogP contribution >= 0.6 is 0 Å². The van der Waals surface area contributed by atoms with Gasteiger partial charge in [-0.25, -0.2) is 4.79 Å². The molecule has 104 valence electrons. The maximum Gasteiger partial charge on any atom is 0.328 e. The molecule has 5 nitrogen and oxygen atoms in total. The summed E-state index contributed by atoms with van der Waals surface area (Å²) in [4.78, 5) is 22.8. The van der Waals surface area contributed by atoms with E-state index < -0.39 is 24.5 Å². The largest absolute Gasteiger partial charge is 0.467 e. The molecule has 0 bridgehead atoms. The second-order valence-corrected chi connectivity index (χ2v) is 4.42. The Labute approximate surface area is 112 Å². The highest BCUT2D eigenvalue weighted by atomic mass is 16.5. The number of aryl methyl sites for hydroxylation is 2. The van der Waals surface area contributed by atoms with Crippen LogP contribution in [0.15, 0.2) is 18.2 Å². The molecule has 0 unspecified atom stereocenters. The van der Waals surface area contributed by atoms with Crippen molar-refractivity contribution >= 4 is 11.9 Å². The van der Waals surface area contributed by atoms with Crippen LogP contribution in [-0.4, -0.2) is 36.7 Å². The maximum atomic E-state index is 11.6. The summed E-state index contributed by atoms with van der Waals surface area (Å²) in [7, 11) is 1.26. The predicted molar refractivity (Wildman–Crippen MR) is 70.7 cm³/mol. The van der Waals surface area contributed by atoms with Gasteiger partial charge in [-0.15, -0.1) is 0 Å². The quantitative estimate of drug-likeness (QED) is 0.760. The number of hydrogen-bond acceptors (Lipinski definition) is 4. The van der Waals surface area contributed by atoms with E-state index in [4.69, 9.17) is 5.11 Å². The zero-order chi connectivity index (χ0) is 14.4. The van der Waals surface area contributed by atoms with Crippen LogP contribution in [-0.2, 0) is 20.7 Å². The minimum absolute atomic E-state index is 0.333. The standard InChI is InChI=1S/C14H19NO4/c1-9-4-5-11(6-10(9)2)7-12(14(18)19-3)15-13(17)8-16/h4-6,12,16H,7-8H2,1-3H3,(H,15,17)/t12-/m0/s1. The molecule has 2 N–H and O–H groups in total. The Morgan fingerprint density at radius 1 is 1.32 bits per heavy atom. The molecule has 0 radical (unpaired) electrons. The van der Waals surface area contributed by atoms with Gasteiger partial charge in [-0.3, -0.25) is 4.79 Å². The summed E-state index contributed by atoms with van der Waals surface area (Å²) < 4.78 is 4.65. The normalized spacial score (nSPS) is 11.8. The monoisotopic (exact) mass is 265 g/mol.